The molecule has 2 rings (SSSR count). The van der Waals surface area contributed by atoms with Gasteiger partial charge in [-0.3, -0.25) is 9.48 Å². The third-order valence-corrected chi connectivity index (χ3v) is 3.03. The van der Waals surface area contributed by atoms with Crippen LogP contribution in [0.2, 0.25) is 0 Å². The molecule has 0 aliphatic heterocycles. The first-order valence-corrected chi connectivity index (χ1v) is 6.90. The molecule has 0 aliphatic rings. The highest BCUT2D eigenvalue weighted by molar-refractivity contribution is 5.82. The van der Waals surface area contributed by atoms with Crippen molar-refractivity contribution in [2.45, 2.75) is 26.1 Å². The van der Waals surface area contributed by atoms with Crippen LogP contribution in [0.15, 0.2) is 41.6 Å². The SMILES string of the molecule is CCc1ccc(/C=N\NC(=O)Cn2ccc(C(F)(F)F)n2)cc1. The molecule has 0 saturated heterocycles. The number of halogens is 3. The van der Waals surface area contributed by atoms with Gasteiger partial charge < -0.3 is 0 Å². The lowest BCUT2D eigenvalue weighted by Gasteiger charge is -2.02. The van der Waals surface area contributed by atoms with Crippen LogP contribution < -0.4 is 5.43 Å². The Morgan fingerprint density at radius 1 is 1.30 bits per heavy atom. The number of nitrogens with zero attached hydrogens (tertiary/aromatic N) is 3. The summed E-state index contributed by atoms with van der Waals surface area (Å²) in [4.78, 5) is 11.6. The predicted molar refractivity (Wildman–Crippen MR) is 78.8 cm³/mol. The van der Waals surface area contributed by atoms with Gasteiger partial charge in [-0.15, -0.1) is 0 Å². The Morgan fingerprint density at radius 3 is 2.57 bits per heavy atom. The molecule has 1 heterocycles. The quantitative estimate of drug-likeness (QED) is 0.679. The smallest absolute Gasteiger partial charge is 0.271 e. The minimum absolute atomic E-state index is 0.345. The molecular weight excluding hydrogens is 309 g/mol. The van der Waals surface area contributed by atoms with Crippen molar-refractivity contribution in [1.82, 2.24) is 15.2 Å². The molecule has 0 bridgehead atoms. The Kier molecular flexibility index (Phi) is 5.15. The van der Waals surface area contributed by atoms with Crippen LogP contribution in [-0.2, 0) is 23.9 Å². The van der Waals surface area contributed by atoms with Gasteiger partial charge in [0, 0.05) is 6.20 Å². The number of rotatable bonds is 5. The van der Waals surface area contributed by atoms with Crippen LogP contribution in [0.3, 0.4) is 0 Å². The van der Waals surface area contributed by atoms with Crippen molar-refractivity contribution in [2.75, 3.05) is 0 Å². The minimum atomic E-state index is -4.52. The molecule has 122 valence electrons. The number of aryl methyl sites for hydroxylation is 1. The molecule has 2 aromatic rings. The molecule has 0 fully saturated rings. The number of amides is 1. The van der Waals surface area contributed by atoms with Crippen molar-refractivity contribution in [3.05, 3.63) is 53.3 Å². The first-order chi connectivity index (χ1) is 10.9. The second kappa shape index (κ2) is 7.08. The van der Waals surface area contributed by atoms with Gasteiger partial charge in [0.25, 0.3) is 5.91 Å². The highest BCUT2D eigenvalue weighted by Crippen LogP contribution is 2.27. The predicted octanol–water partition coefficient (Wildman–Crippen LogP) is 2.61. The van der Waals surface area contributed by atoms with E-state index in [9.17, 15) is 18.0 Å². The largest absolute Gasteiger partial charge is 0.435 e. The molecule has 1 N–H and O–H groups in total. The van der Waals surface area contributed by atoms with Gasteiger partial charge in [0.05, 0.1) is 6.21 Å². The zero-order chi connectivity index (χ0) is 16.9. The first-order valence-electron chi connectivity index (χ1n) is 6.90. The van der Waals surface area contributed by atoms with Crippen LogP contribution in [0.5, 0.6) is 0 Å². The molecule has 0 aliphatic carbocycles. The van der Waals surface area contributed by atoms with Crippen LogP contribution in [0.4, 0.5) is 13.2 Å². The fourth-order valence-corrected chi connectivity index (χ4v) is 1.80. The second-order valence-electron chi connectivity index (χ2n) is 4.78. The number of carbonyl (C=O) groups is 1. The molecule has 0 radical (unpaired) electrons. The molecule has 1 aromatic carbocycles. The number of alkyl halides is 3. The Labute approximate surface area is 130 Å². The van der Waals surface area contributed by atoms with Gasteiger partial charge in [-0.2, -0.15) is 23.4 Å². The number of hydrazone groups is 1. The topological polar surface area (TPSA) is 59.3 Å². The van der Waals surface area contributed by atoms with Gasteiger partial charge in [0.15, 0.2) is 5.69 Å². The van der Waals surface area contributed by atoms with Crippen LogP contribution in [0, 0.1) is 0 Å². The summed E-state index contributed by atoms with van der Waals surface area (Å²) in [6.45, 7) is 1.70. The normalized spacial score (nSPS) is 11.8. The zero-order valence-corrected chi connectivity index (χ0v) is 12.3. The molecule has 0 saturated carbocycles. The maximum atomic E-state index is 12.4. The van der Waals surface area contributed by atoms with Gasteiger partial charge in [0.1, 0.15) is 6.54 Å². The summed E-state index contributed by atoms with van der Waals surface area (Å²) in [5, 5.41) is 7.05. The summed E-state index contributed by atoms with van der Waals surface area (Å²) in [6.07, 6.45) is -1.04. The number of nitrogens with one attached hydrogen (secondary N) is 1. The van der Waals surface area contributed by atoms with Gasteiger partial charge >= 0.3 is 6.18 Å². The van der Waals surface area contributed by atoms with E-state index in [1.165, 1.54) is 11.8 Å². The summed E-state index contributed by atoms with van der Waals surface area (Å²) < 4.78 is 38.1. The first kappa shape index (κ1) is 16.7. The van der Waals surface area contributed by atoms with E-state index in [4.69, 9.17) is 0 Å². The van der Waals surface area contributed by atoms with Crippen molar-refractivity contribution in [3.8, 4) is 0 Å². The Hall–Kier alpha value is -2.64. The average Bonchev–Trinajstić information content (AvgIpc) is 2.96. The van der Waals surface area contributed by atoms with E-state index in [1.54, 1.807) is 0 Å². The number of carbonyl (C=O) groups excluding carboxylic acids is 1. The van der Waals surface area contributed by atoms with Crippen molar-refractivity contribution < 1.29 is 18.0 Å². The van der Waals surface area contributed by atoms with E-state index < -0.39 is 17.8 Å². The third-order valence-electron chi connectivity index (χ3n) is 3.03. The van der Waals surface area contributed by atoms with E-state index in [-0.39, 0.29) is 6.54 Å². The Bertz CT molecular complexity index is 689. The molecule has 5 nitrogen and oxygen atoms in total. The van der Waals surface area contributed by atoms with Crippen LogP contribution in [0.25, 0.3) is 0 Å². The van der Waals surface area contributed by atoms with E-state index in [0.717, 1.165) is 28.9 Å². The van der Waals surface area contributed by atoms with E-state index in [2.05, 4.69) is 15.6 Å². The molecule has 0 spiro atoms. The Balaban J connectivity index is 1.87. The zero-order valence-electron chi connectivity index (χ0n) is 12.3. The van der Waals surface area contributed by atoms with Crippen LogP contribution >= 0.6 is 0 Å². The number of hydrogen-bond donors (Lipinski definition) is 1. The standard InChI is InChI=1S/C15H15F3N4O/c1-2-11-3-5-12(6-4-11)9-19-20-14(23)10-22-8-7-13(21-22)15(16,17)18/h3-9H,2,10H2,1H3,(H,20,23)/b19-9-. The number of hydrogen-bond acceptors (Lipinski definition) is 3. The maximum absolute atomic E-state index is 12.4. The summed E-state index contributed by atoms with van der Waals surface area (Å²) in [5.41, 5.74) is 3.20. The van der Waals surface area contributed by atoms with Gasteiger partial charge in [0.2, 0.25) is 0 Å². The molecular formula is C15H15F3N4O. The van der Waals surface area contributed by atoms with E-state index in [0.29, 0.717) is 0 Å². The lowest BCUT2D eigenvalue weighted by Crippen LogP contribution is -2.23. The van der Waals surface area contributed by atoms with E-state index >= 15 is 0 Å². The minimum Gasteiger partial charge on any atom is -0.271 e. The van der Waals surface area contributed by atoms with Crippen molar-refractivity contribution >= 4 is 12.1 Å². The van der Waals surface area contributed by atoms with E-state index in [1.807, 2.05) is 31.2 Å². The molecule has 1 amide bonds. The molecule has 1 aromatic heterocycles. The lowest BCUT2D eigenvalue weighted by molar-refractivity contribution is -0.141. The highest BCUT2D eigenvalue weighted by Gasteiger charge is 2.33. The molecule has 23 heavy (non-hydrogen) atoms. The average molecular weight is 324 g/mol. The summed E-state index contributed by atoms with van der Waals surface area (Å²) >= 11 is 0. The van der Waals surface area contributed by atoms with Crippen molar-refractivity contribution in [2.24, 2.45) is 5.10 Å². The van der Waals surface area contributed by atoms with Gasteiger partial charge in [-0.25, -0.2) is 5.43 Å². The van der Waals surface area contributed by atoms with Gasteiger partial charge in [-0.1, -0.05) is 31.2 Å². The number of benzene rings is 1. The van der Waals surface area contributed by atoms with Crippen molar-refractivity contribution in [3.63, 3.8) is 0 Å². The lowest BCUT2D eigenvalue weighted by atomic mass is 10.1. The molecule has 0 unspecified atom stereocenters. The maximum Gasteiger partial charge on any atom is 0.435 e. The second-order valence-corrected chi connectivity index (χ2v) is 4.78. The highest BCUT2D eigenvalue weighted by atomic mass is 19.4. The number of aromatic nitrogens is 2. The van der Waals surface area contributed by atoms with Crippen molar-refractivity contribution in [1.29, 1.82) is 0 Å². The third kappa shape index (κ3) is 4.94. The fraction of sp³-hybridized carbons (Fsp3) is 0.267. The fourth-order valence-electron chi connectivity index (χ4n) is 1.80. The van der Waals surface area contributed by atoms with Crippen LogP contribution in [0.1, 0.15) is 23.7 Å². The Morgan fingerprint density at radius 2 is 2.00 bits per heavy atom. The summed E-state index contributed by atoms with van der Waals surface area (Å²) in [5.74, 6) is -0.566. The van der Waals surface area contributed by atoms with Crippen LogP contribution in [-0.4, -0.2) is 21.9 Å². The molecule has 0 atom stereocenters. The van der Waals surface area contributed by atoms with Gasteiger partial charge in [-0.05, 0) is 23.6 Å². The molecule has 8 heteroatoms. The summed E-state index contributed by atoms with van der Waals surface area (Å²) in [6, 6.07) is 8.43. The monoisotopic (exact) mass is 324 g/mol. The summed E-state index contributed by atoms with van der Waals surface area (Å²) in [7, 11) is 0.